The Bertz CT molecular complexity index is 276. The van der Waals surface area contributed by atoms with Gasteiger partial charge in [0.05, 0.1) is 15.8 Å². The molecule has 0 atom stereocenters. The van der Waals surface area contributed by atoms with Crippen LogP contribution < -0.4 is 0 Å². The lowest BCUT2D eigenvalue weighted by Gasteiger charge is -2.28. The summed E-state index contributed by atoms with van der Waals surface area (Å²) in [7, 11) is 2.18. The van der Waals surface area contributed by atoms with Gasteiger partial charge in [-0.3, -0.25) is 4.68 Å². The molecule has 4 heteroatoms. The van der Waals surface area contributed by atoms with Crippen LogP contribution in [-0.4, -0.2) is 34.8 Å². The van der Waals surface area contributed by atoms with Crippen molar-refractivity contribution in [1.82, 2.24) is 14.7 Å². The van der Waals surface area contributed by atoms with Crippen LogP contribution in [0.3, 0.4) is 0 Å². The van der Waals surface area contributed by atoms with E-state index in [0.29, 0.717) is 6.04 Å². The second-order valence-electron chi connectivity index (χ2n) is 3.67. The van der Waals surface area contributed by atoms with Crippen LogP contribution in [0.2, 0.25) is 0 Å². The van der Waals surface area contributed by atoms with E-state index in [1.165, 1.54) is 29.5 Å². The largest absolute Gasteiger partial charge is 0.306 e. The smallest absolute Gasteiger partial charge is 0.0623 e. The first-order valence-electron chi connectivity index (χ1n) is 4.64. The Labute approximate surface area is 92.2 Å². The number of piperidine rings is 1. The van der Waals surface area contributed by atoms with Gasteiger partial charge < -0.3 is 4.90 Å². The highest BCUT2D eigenvalue weighted by Gasteiger charge is 2.18. The van der Waals surface area contributed by atoms with Gasteiger partial charge in [-0.15, -0.1) is 0 Å². The molecule has 1 aliphatic heterocycles. The van der Waals surface area contributed by atoms with E-state index in [0.717, 1.165) is 0 Å². The molecule has 3 nitrogen and oxygen atoms in total. The monoisotopic (exact) mass is 291 g/mol. The minimum Gasteiger partial charge on any atom is -0.306 e. The molecule has 2 heterocycles. The summed E-state index contributed by atoms with van der Waals surface area (Å²) in [4.78, 5) is 2.38. The zero-order valence-corrected chi connectivity index (χ0v) is 9.94. The Hall–Kier alpha value is -0.100. The van der Waals surface area contributed by atoms with Gasteiger partial charge in [0.25, 0.3) is 0 Å². The average Bonchev–Trinajstić information content (AvgIpc) is 2.53. The molecule has 0 aliphatic carbocycles. The molecule has 0 radical (unpaired) electrons. The van der Waals surface area contributed by atoms with Gasteiger partial charge in [0.15, 0.2) is 0 Å². The Kier molecular flexibility index (Phi) is 2.88. The second kappa shape index (κ2) is 3.96. The number of hydrogen-bond donors (Lipinski definition) is 0. The highest BCUT2D eigenvalue weighted by molar-refractivity contribution is 14.1. The van der Waals surface area contributed by atoms with Gasteiger partial charge in [-0.2, -0.15) is 5.10 Å². The fraction of sp³-hybridized carbons (Fsp3) is 0.667. The summed E-state index contributed by atoms with van der Waals surface area (Å²) in [6.45, 7) is 2.39. The maximum absolute atomic E-state index is 4.36. The topological polar surface area (TPSA) is 21.1 Å². The van der Waals surface area contributed by atoms with Crippen LogP contribution in [-0.2, 0) is 0 Å². The maximum Gasteiger partial charge on any atom is 0.0623 e. The Balaban J connectivity index is 2.02. The number of halogens is 1. The van der Waals surface area contributed by atoms with Crippen LogP contribution in [0.5, 0.6) is 0 Å². The van der Waals surface area contributed by atoms with Crippen LogP contribution in [0.1, 0.15) is 18.9 Å². The molecule has 1 saturated heterocycles. The van der Waals surface area contributed by atoms with Gasteiger partial charge >= 0.3 is 0 Å². The number of nitrogens with zero attached hydrogens (tertiary/aromatic N) is 3. The molecule has 1 aromatic rings. The van der Waals surface area contributed by atoms with Gasteiger partial charge in [0, 0.05) is 6.20 Å². The summed E-state index contributed by atoms with van der Waals surface area (Å²) in [5, 5.41) is 4.36. The van der Waals surface area contributed by atoms with Crippen molar-refractivity contribution in [3.05, 3.63) is 16.0 Å². The van der Waals surface area contributed by atoms with Crippen molar-refractivity contribution in [2.45, 2.75) is 18.9 Å². The van der Waals surface area contributed by atoms with E-state index in [4.69, 9.17) is 0 Å². The number of aromatic nitrogens is 2. The molecule has 72 valence electrons. The molecule has 0 unspecified atom stereocenters. The van der Waals surface area contributed by atoms with Crippen molar-refractivity contribution in [3.63, 3.8) is 0 Å². The lowest BCUT2D eigenvalue weighted by atomic mass is 10.1. The third kappa shape index (κ3) is 2.22. The summed E-state index contributed by atoms with van der Waals surface area (Å²) in [5.41, 5.74) is 0. The van der Waals surface area contributed by atoms with Crippen LogP contribution in [0.25, 0.3) is 0 Å². The van der Waals surface area contributed by atoms with Crippen molar-refractivity contribution < 1.29 is 0 Å². The van der Waals surface area contributed by atoms with E-state index in [1.807, 2.05) is 6.20 Å². The van der Waals surface area contributed by atoms with E-state index >= 15 is 0 Å². The Morgan fingerprint density at radius 2 is 2.15 bits per heavy atom. The predicted molar refractivity (Wildman–Crippen MR) is 60.7 cm³/mol. The highest BCUT2D eigenvalue weighted by atomic mass is 127. The normalized spacial score (nSPS) is 20.8. The summed E-state index contributed by atoms with van der Waals surface area (Å²) in [6.07, 6.45) is 6.53. The Morgan fingerprint density at radius 3 is 2.69 bits per heavy atom. The number of hydrogen-bond acceptors (Lipinski definition) is 2. The molecule has 1 fully saturated rings. The zero-order valence-electron chi connectivity index (χ0n) is 7.78. The molecule has 2 rings (SSSR count). The van der Waals surface area contributed by atoms with E-state index in [2.05, 4.69) is 50.5 Å². The quantitative estimate of drug-likeness (QED) is 0.735. The first kappa shape index (κ1) is 9.45. The van der Waals surface area contributed by atoms with Crippen LogP contribution >= 0.6 is 22.6 Å². The predicted octanol–water partition coefficient (Wildman–Crippen LogP) is 1.75. The molecule has 0 spiro atoms. The first-order chi connectivity index (χ1) is 6.25. The van der Waals surface area contributed by atoms with Crippen molar-refractivity contribution in [1.29, 1.82) is 0 Å². The molecule has 0 saturated carbocycles. The summed E-state index contributed by atoms with van der Waals surface area (Å²) in [6, 6.07) is 0.625. The average molecular weight is 291 g/mol. The summed E-state index contributed by atoms with van der Waals surface area (Å²) < 4.78 is 3.35. The van der Waals surface area contributed by atoms with E-state index in [-0.39, 0.29) is 0 Å². The van der Waals surface area contributed by atoms with Crippen molar-refractivity contribution in [2.24, 2.45) is 0 Å². The lowest BCUT2D eigenvalue weighted by molar-refractivity contribution is 0.212. The minimum absolute atomic E-state index is 0.625. The molecule has 1 aliphatic rings. The van der Waals surface area contributed by atoms with Gasteiger partial charge in [0.1, 0.15) is 0 Å². The highest BCUT2D eigenvalue weighted by Crippen LogP contribution is 2.21. The van der Waals surface area contributed by atoms with Gasteiger partial charge in [-0.25, -0.2) is 0 Å². The fourth-order valence-electron chi connectivity index (χ4n) is 1.77. The second-order valence-corrected chi connectivity index (χ2v) is 4.92. The SMILES string of the molecule is CN1CCC(n2cc(I)cn2)CC1. The first-order valence-corrected chi connectivity index (χ1v) is 5.72. The molecule has 0 aromatic carbocycles. The Morgan fingerprint density at radius 1 is 1.46 bits per heavy atom. The molecule has 0 bridgehead atoms. The van der Waals surface area contributed by atoms with Crippen molar-refractivity contribution in [2.75, 3.05) is 20.1 Å². The lowest BCUT2D eigenvalue weighted by Crippen LogP contribution is -2.31. The zero-order chi connectivity index (χ0) is 9.26. The van der Waals surface area contributed by atoms with Crippen molar-refractivity contribution >= 4 is 22.6 Å². The molecule has 1 aromatic heterocycles. The molecule has 0 N–H and O–H groups in total. The standard InChI is InChI=1S/C9H14IN3/c1-12-4-2-9(3-5-12)13-7-8(10)6-11-13/h6-7,9H,2-5H2,1H3. The van der Waals surface area contributed by atoms with E-state index < -0.39 is 0 Å². The van der Waals surface area contributed by atoms with Gasteiger partial charge in [0.2, 0.25) is 0 Å². The van der Waals surface area contributed by atoms with E-state index in [1.54, 1.807) is 0 Å². The number of rotatable bonds is 1. The van der Waals surface area contributed by atoms with Crippen LogP contribution in [0.15, 0.2) is 12.4 Å². The number of likely N-dealkylation sites (tertiary alicyclic amines) is 1. The van der Waals surface area contributed by atoms with Crippen LogP contribution in [0.4, 0.5) is 0 Å². The molecular formula is C9H14IN3. The molecule has 13 heavy (non-hydrogen) atoms. The third-order valence-electron chi connectivity index (χ3n) is 2.63. The molecule has 0 amide bonds. The molecular weight excluding hydrogens is 277 g/mol. The summed E-state index contributed by atoms with van der Waals surface area (Å²) >= 11 is 2.31. The third-order valence-corrected chi connectivity index (χ3v) is 3.19. The van der Waals surface area contributed by atoms with Crippen molar-refractivity contribution in [3.8, 4) is 0 Å². The summed E-state index contributed by atoms with van der Waals surface area (Å²) in [5.74, 6) is 0. The van der Waals surface area contributed by atoms with Crippen LogP contribution in [0, 0.1) is 3.57 Å². The maximum atomic E-state index is 4.36. The van der Waals surface area contributed by atoms with Gasteiger partial charge in [-0.1, -0.05) is 0 Å². The fourth-order valence-corrected chi connectivity index (χ4v) is 2.18. The van der Waals surface area contributed by atoms with E-state index in [9.17, 15) is 0 Å². The minimum atomic E-state index is 0.625. The van der Waals surface area contributed by atoms with Gasteiger partial charge in [-0.05, 0) is 55.6 Å².